The minimum atomic E-state index is -0.751. The Hall–Kier alpha value is -1.26. The van der Waals surface area contributed by atoms with Gasteiger partial charge in [-0.05, 0) is 44.9 Å². The number of fused-ring (bicyclic) bond motifs is 2. The van der Waals surface area contributed by atoms with Gasteiger partial charge in [0.1, 0.15) is 0 Å². The normalized spacial score (nSPS) is 35.0. The quantitative estimate of drug-likeness (QED) is 0.820. The number of amides is 2. The van der Waals surface area contributed by atoms with Gasteiger partial charge in [0.05, 0.1) is 5.92 Å². The molecule has 5 heteroatoms. The molecule has 19 heavy (non-hydrogen) atoms. The van der Waals surface area contributed by atoms with Crippen LogP contribution in [0.1, 0.15) is 51.9 Å². The van der Waals surface area contributed by atoms with Crippen molar-refractivity contribution in [3.63, 3.8) is 0 Å². The summed E-state index contributed by atoms with van der Waals surface area (Å²) in [7, 11) is 0. The summed E-state index contributed by atoms with van der Waals surface area (Å²) >= 11 is 0. The monoisotopic (exact) mass is 266 g/mol. The first-order chi connectivity index (χ1) is 9.06. The zero-order valence-electron chi connectivity index (χ0n) is 11.4. The fourth-order valence-electron chi connectivity index (χ4n) is 4.03. The number of nitrogens with one attached hydrogen (secondary N) is 1. The second kappa shape index (κ2) is 4.39. The number of hydrogen-bond donors (Lipinski definition) is 2. The molecule has 0 spiro atoms. The third kappa shape index (κ3) is 1.90. The number of aliphatic carboxylic acids is 1. The minimum absolute atomic E-state index is 0.0160. The maximum Gasteiger partial charge on any atom is 0.318 e. The summed E-state index contributed by atoms with van der Waals surface area (Å²) in [5.74, 6) is -1.11. The lowest BCUT2D eigenvalue weighted by Gasteiger charge is -2.43. The molecule has 2 bridgehead atoms. The highest BCUT2D eigenvalue weighted by molar-refractivity contribution is 5.80. The van der Waals surface area contributed by atoms with Gasteiger partial charge in [0.25, 0.3) is 0 Å². The topological polar surface area (TPSA) is 69.6 Å². The van der Waals surface area contributed by atoms with E-state index in [9.17, 15) is 14.7 Å². The molecule has 1 saturated carbocycles. The number of carbonyl (C=O) groups is 2. The van der Waals surface area contributed by atoms with Crippen molar-refractivity contribution < 1.29 is 14.7 Å². The molecule has 2 heterocycles. The zero-order valence-corrected chi connectivity index (χ0v) is 11.4. The smallest absolute Gasteiger partial charge is 0.318 e. The van der Waals surface area contributed by atoms with E-state index in [1.54, 1.807) is 0 Å². The molecule has 2 N–H and O–H groups in total. The largest absolute Gasteiger partial charge is 0.481 e. The molecule has 3 unspecified atom stereocenters. The van der Waals surface area contributed by atoms with E-state index >= 15 is 0 Å². The Bertz CT molecular complexity index is 400. The molecule has 0 aromatic rings. The first-order valence-electron chi connectivity index (χ1n) is 7.39. The number of hydrogen-bond acceptors (Lipinski definition) is 2. The lowest BCUT2D eigenvalue weighted by atomic mass is 9.75. The summed E-state index contributed by atoms with van der Waals surface area (Å²) in [5.41, 5.74) is -0.0160. The molecule has 0 aromatic carbocycles. The van der Waals surface area contributed by atoms with Crippen molar-refractivity contribution in [2.24, 2.45) is 5.92 Å². The van der Waals surface area contributed by atoms with Crippen molar-refractivity contribution in [3.8, 4) is 0 Å². The summed E-state index contributed by atoms with van der Waals surface area (Å²) in [4.78, 5) is 25.5. The SMILES string of the molecule is CCC1(NC(=O)N2C3CCC2C(C(=O)O)C3)CCC1. The van der Waals surface area contributed by atoms with Gasteiger partial charge in [0.2, 0.25) is 0 Å². The highest BCUT2D eigenvalue weighted by atomic mass is 16.4. The predicted molar refractivity (Wildman–Crippen MR) is 69.8 cm³/mol. The van der Waals surface area contributed by atoms with Crippen LogP contribution in [0, 0.1) is 5.92 Å². The predicted octanol–water partition coefficient (Wildman–Crippen LogP) is 1.97. The lowest BCUT2D eigenvalue weighted by molar-refractivity contribution is -0.142. The van der Waals surface area contributed by atoms with Gasteiger partial charge < -0.3 is 15.3 Å². The first-order valence-corrected chi connectivity index (χ1v) is 7.39. The average molecular weight is 266 g/mol. The van der Waals surface area contributed by atoms with Crippen molar-refractivity contribution in [1.29, 1.82) is 0 Å². The van der Waals surface area contributed by atoms with Crippen molar-refractivity contribution in [2.75, 3.05) is 0 Å². The number of carbonyl (C=O) groups excluding carboxylic acids is 1. The van der Waals surface area contributed by atoms with E-state index in [4.69, 9.17) is 0 Å². The van der Waals surface area contributed by atoms with Gasteiger partial charge in [-0.2, -0.15) is 0 Å². The van der Waals surface area contributed by atoms with Crippen LogP contribution in [0.2, 0.25) is 0 Å². The molecule has 2 saturated heterocycles. The summed E-state index contributed by atoms with van der Waals surface area (Å²) < 4.78 is 0. The van der Waals surface area contributed by atoms with E-state index in [2.05, 4.69) is 12.2 Å². The summed E-state index contributed by atoms with van der Waals surface area (Å²) in [6.07, 6.45) is 6.69. The van der Waals surface area contributed by atoms with Crippen LogP contribution < -0.4 is 5.32 Å². The first kappa shape index (κ1) is 12.8. The molecule has 3 atom stereocenters. The van der Waals surface area contributed by atoms with E-state index in [1.807, 2.05) is 4.90 Å². The molecule has 1 aliphatic carbocycles. The molecule has 0 aromatic heterocycles. The summed E-state index contributed by atoms with van der Waals surface area (Å²) in [6, 6.07) is 0.0226. The zero-order chi connectivity index (χ0) is 13.6. The Morgan fingerprint density at radius 2 is 2.11 bits per heavy atom. The van der Waals surface area contributed by atoms with Gasteiger partial charge >= 0.3 is 12.0 Å². The Kier molecular flexibility index (Phi) is 2.95. The van der Waals surface area contributed by atoms with Crippen LogP contribution >= 0.6 is 0 Å². The molecule has 2 amide bonds. The Morgan fingerprint density at radius 3 is 2.58 bits per heavy atom. The average Bonchev–Trinajstić information content (AvgIpc) is 2.91. The molecule has 5 nitrogen and oxygen atoms in total. The molecular formula is C14H22N2O3. The Labute approximate surface area is 113 Å². The van der Waals surface area contributed by atoms with E-state index in [-0.39, 0.29) is 29.6 Å². The van der Waals surface area contributed by atoms with E-state index in [0.717, 1.165) is 32.1 Å². The third-order valence-electron chi connectivity index (χ3n) is 5.45. The summed E-state index contributed by atoms with van der Waals surface area (Å²) in [6.45, 7) is 2.11. The van der Waals surface area contributed by atoms with Gasteiger partial charge in [-0.15, -0.1) is 0 Å². The van der Waals surface area contributed by atoms with Crippen LogP contribution in [0.5, 0.6) is 0 Å². The molecule has 106 valence electrons. The fraction of sp³-hybridized carbons (Fsp3) is 0.857. The van der Waals surface area contributed by atoms with Crippen molar-refractivity contribution in [3.05, 3.63) is 0 Å². The molecule has 3 rings (SSSR count). The van der Waals surface area contributed by atoms with Gasteiger partial charge in [0, 0.05) is 17.6 Å². The number of carboxylic acids is 1. The maximum absolute atomic E-state index is 12.5. The van der Waals surface area contributed by atoms with Crippen molar-refractivity contribution >= 4 is 12.0 Å². The number of rotatable bonds is 3. The van der Waals surface area contributed by atoms with Gasteiger partial charge in [-0.25, -0.2) is 4.79 Å². The molecule has 3 fully saturated rings. The highest BCUT2D eigenvalue weighted by Crippen LogP contribution is 2.43. The van der Waals surface area contributed by atoms with Gasteiger partial charge in [0.15, 0.2) is 0 Å². The van der Waals surface area contributed by atoms with Crippen molar-refractivity contribution in [1.82, 2.24) is 10.2 Å². The third-order valence-corrected chi connectivity index (χ3v) is 5.45. The van der Waals surface area contributed by atoms with E-state index in [1.165, 1.54) is 6.42 Å². The standard InChI is InChI=1S/C14H22N2O3/c1-2-14(6-3-7-14)15-13(19)16-9-4-5-11(16)10(8-9)12(17)18/h9-11H,2-8H2,1H3,(H,15,19)(H,17,18). The van der Waals surface area contributed by atoms with Crippen LogP contribution in [0.25, 0.3) is 0 Å². The second-order valence-corrected chi connectivity index (χ2v) is 6.30. The van der Waals surface area contributed by atoms with Crippen molar-refractivity contribution in [2.45, 2.75) is 69.5 Å². The molecule has 0 radical (unpaired) electrons. The van der Waals surface area contributed by atoms with Crippen LogP contribution in [0.4, 0.5) is 4.79 Å². The van der Waals surface area contributed by atoms with E-state index < -0.39 is 5.97 Å². The fourth-order valence-corrected chi connectivity index (χ4v) is 4.03. The number of nitrogens with zero attached hydrogens (tertiary/aromatic N) is 1. The van der Waals surface area contributed by atoms with Gasteiger partial charge in [-0.3, -0.25) is 4.79 Å². The Balaban J connectivity index is 1.69. The minimum Gasteiger partial charge on any atom is -0.481 e. The molecule has 3 aliphatic rings. The highest BCUT2D eigenvalue weighted by Gasteiger charge is 2.52. The number of urea groups is 1. The maximum atomic E-state index is 12.5. The Morgan fingerprint density at radius 1 is 1.37 bits per heavy atom. The van der Waals surface area contributed by atoms with Crippen LogP contribution in [-0.4, -0.2) is 39.6 Å². The lowest BCUT2D eigenvalue weighted by Crippen LogP contribution is -2.57. The van der Waals surface area contributed by atoms with Gasteiger partial charge in [-0.1, -0.05) is 6.92 Å². The molecular weight excluding hydrogens is 244 g/mol. The van der Waals surface area contributed by atoms with E-state index in [0.29, 0.717) is 6.42 Å². The summed E-state index contributed by atoms with van der Waals surface area (Å²) in [5, 5.41) is 12.4. The molecule has 2 aliphatic heterocycles. The van der Waals surface area contributed by atoms with Crippen LogP contribution in [0.3, 0.4) is 0 Å². The van der Waals surface area contributed by atoms with Crippen LogP contribution in [-0.2, 0) is 4.79 Å². The number of carboxylic acid groups (broad SMARTS) is 1. The van der Waals surface area contributed by atoms with Crippen LogP contribution in [0.15, 0.2) is 0 Å². The second-order valence-electron chi connectivity index (χ2n) is 6.30.